The molecular formula is C19H20O2. The second-order valence-corrected chi connectivity index (χ2v) is 5.32. The van der Waals surface area contributed by atoms with Gasteiger partial charge < -0.3 is 9.84 Å². The van der Waals surface area contributed by atoms with Gasteiger partial charge in [0.25, 0.3) is 0 Å². The maximum atomic E-state index is 8.98. The summed E-state index contributed by atoms with van der Waals surface area (Å²) in [5.41, 5.74) is 5.07. The van der Waals surface area contributed by atoms with Crippen molar-refractivity contribution in [2.24, 2.45) is 0 Å². The van der Waals surface area contributed by atoms with E-state index in [-0.39, 0.29) is 6.61 Å². The van der Waals surface area contributed by atoms with Crippen molar-refractivity contribution in [1.29, 1.82) is 0 Å². The SMILES string of the molecule is CC=c1cccc2c1=C(C1=C(OCCO)C=CC1)C(C)=C2. The molecule has 2 nitrogen and oxygen atoms in total. The third kappa shape index (κ3) is 2.36. The summed E-state index contributed by atoms with van der Waals surface area (Å²) in [6.45, 7) is 4.61. The Morgan fingerprint density at radius 1 is 1.33 bits per heavy atom. The summed E-state index contributed by atoms with van der Waals surface area (Å²) in [6, 6.07) is 6.42. The molecule has 0 aliphatic heterocycles. The molecule has 0 unspecified atom stereocenters. The Labute approximate surface area is 125 Å². The van der Waals surface area contributed by atoms with E-state index in [4.69, 9.17) is 9.84 Å². The van der Waals surface area contributed by atoms with Crippen LogP contribution in [0.3, 0.4) is 0 Å². The molecule has 1 aromatic carbocycles. The van der Waals surface area contributed by atoms with Gasteiger partial charge in [-0.25, -0.2) is 0 Å². The molecule has 2 aliphatic rings. The molecule has 3 rings (SSSR count). The topological polar surface area (TPSA) is 29.5 Å². The van der Waals surface area contributed by atoms with Crippen molar-refractivity contribution < 1.29 is 9.84 Å². The fourth-order valence-electron chi connectivity index (χ4n) is 3.13. The summed E-state index contributed by atoms with van der Waals surface area (Å²) in [5, 5.41) is 11.5. The van der Waals surface area contributed by atoms with E-state index in [2.05, 4.69) is 50.3 Å². The Balaban J connectivity index is 2.23. The zero-order chi connectivity index (χ0) is 14.8. The lowest BCUT2D eigenvalue weighted by Gasteiger charge is -2.11. The number of hydrogen-bond donors (Lipinski definition) is 1. The van der Waals surface area contributed by atoms with Crippen molar-refractivity contribution >= 4 is 17.7 Å². The quantitative estimate of drug-likeness (QED) is 0.917. The zero-order valence-corrected chi connectivity index (χ0v) is 12.5. The van der Waals surface area contributed by atoms with Crippen molar-refractivity contribution in [3.63, 3.8) is 0 Å². The molecule has 0 bridgehead atoms. The largest absolute Gasteiger partial charge is 0.491 e. The van der Waals surface area contributed by atoms with Crippen LogP contribution < -0.4 is 10.4 Å². The molecule has 21 heavy (non-hydrogen) atoms. The predicted octanol–water partition coefficient (Wildman–Crippen LogP) is 2.28. The van der Waals surface area contributed by atoms with Gasteiger partial charge >= 0.3 is 0 Å². The standard InChI is InChI=1S/C19H20O2/c1-3-14-6-4-7-15-12-13(2)18(19(14)15)16-8-5-9-17(16)21-11-10-20/h3-7,9,12,20H,8,10-11H2,1-2H3. The van der Waals surface area contributed by atoms with Crippen LogP contribution in [0.5, 0.6) is 0 Å². The zero-order valence-electron chi connectivity index (χ0n) is 12.5. The van der Waals surface area contributed by atoms with Crippen LogP contribution in [0.2, 0.25) is 0 Å². The number of benzene rings is 1. The lowest BCUT2D eigenvalue weighted by molar-refractivity contribution is 0.151. The number of aliphatic hydroxyl groups excluding tert-OH is 1. The van der Waals surface area contributed by atoms with Gasteiger partial charge in [0.1, 0.15) is 12.4 Å². The first-order valence-electron chi connectivity index (χ1n) is 7.38. The van der Waals surface area contributed by atoms with E-state index in [0.717, 1.165) is 12.2 Å². The monoisotopic (exact) mass is 280 g/mol. The van der Waals surface area contributed by atoms with Crippen LogP contribution in [0.15, 0.2) is 47.3 Å². The van der Waals surface area contributed by atoms with Gasteiger partial charge in [0.15, 0.2) is 0 Å². The van der Waals surface area contributed by atoms with Crippen molar-refractivity contribution in [2.75, 3.05) is 13.2 Å². The molecule has 0 spiro atoms. The van der Waals surface area contributed by atoms with E-state index in [1.54, 1.807) is 0 Å². The highest BCUT2D eigenvalue weighted by Gasteiger charge is 2.21. The Bertz CT molecular complexity index is 776. The fraction of sp³-hybridized carbons (Fsp3) is 0.263. The Kier molecular flexibility index (Phi) is 3.80. The average molecular weight is 280 g/mol. The molecule has 0 amide bonds. The minimum atomic E-state index is 0.0410. The molecule has 0 saturated heterocycles. The molecule has 1 aromatic rings. The third-order valence-corrected chi connectivity index (χ3v) is 4.00. The van der Waals surface area contributed by atoms with Crippen LogP contribution in [0.25, 0.3) is 17.7 Å². The Morgan fingerprint density at radius 2 is 2.19 bits per heavy atom. The molecule has 0 heterocycles. The number of rotatable bonds is 4. The lowest BCUT2D eigenvalue weighted by Crippen LogP contribution is -2.28. The molecule has 0 saturated carbocycles. The summed E-state index contributed by atoms with van der Waals surface area (Å²) in [7, 11) is 0. The number of aliphatic hydroxyl groups is 1. The first-order valence-corrected chi connectivity index (χ1v) is 7.38. The van der Waals surface area contributed by atoms with Crippen LogP contribution in [0.1, 0.15) is 25.8 Å². The number of fused-ring (bicyclic) bond motifs is 1. The van der Waals surface area contributed by atoms with E-state index in [9.17, 15) is 0 Å². The van der Waals surface area contributed by atoms with Gasteiger partial charge in [0.05, 0.1) is 6.61 Å². The van der Waals surface area contributed by atoms with E-state index < -0.39 is 0 Å². The van der Waals surface area contributed by atoms with E-state index in [0.29, 0.717) is 6.61 Å². The summed E-state index contributed by atoms with van der Waals surface area (Å²) in [6.07, 6.45) is 9.42. The smallest absolute Gasteiger partial charge is 0.123 e. The van der Waals surface area contributed by atoms with Gasteiger partial charge in [-0.3, -0.25) is 0 Å². The van der Waals surface area contributed by atoms with Gasteiger partial charge in [-0.2, -0.15) is 0 Å². The molecule has 1 N–H and O–H groups in total. The first-order chi connectivity index (χ1) is 10.3. The average Bonchev–Trinajstić information content (AvgIpc) is 3.07. The summed E-state index contributed by atoms with van der Waals surface area (Å²) in [4.78, 5) is 0. The molecule has 0 atom stereocenters. The van der Waals surface area contributed by atoms with E-state index in [1.165, 1.54) is 32.7 Å². The first kappa shape index (κ1) is 13.9. The van der Waals surface area contributed by atoms with E-state index in [1.807, 2.05) is 6.08 Å². The normalized spacial score (nSPS) is 17.6. The predicted molar refractivity (Wildman–Crippen MR) is 86.7 cm³/mol. The highest BCUT2D eigenvalue weighted by Crippen LogP contribution is 2.34. The molecule has 0 fully saturated rings. The highest BCUT2D eigenvalue weighted by atomic mass is 16.5. The van der Waals surface area contributed by atoms with Crippen molar-refractivity contribution in [2.45, 2.75) is 20.3 Å². The second kappa shape index (κ2) is 5.74. The summed E-state index contributed by atoms with van der Waals surface area (Å²) < 4.78 is 5.70. The van der Waals surface area contributed by atoms with E-state index >= 15 is 0 Å². The van der Waals surface area contributed by atoms with Gasteiger partial charge in [-0.05, 0) is 53.5 Å². The van der Waals surface area contributed by atoms with Crippen LogP contribution in [-0.4, -0.2) is 18.3 Å². The molecular weight excluding hydrogens is 260 g/mol. The summed E-state index contributed by atoms with van der Waals surface area (Å²) in [5.74, 6) is 0.894. The third-order valence-electron chi connectivity index (χ3n) is 4.00. The lowest BCUT2D eigenvalue weighted by atomic mass is 9.97. The van der Waals surface area contributed by atoms with Gasteiger partial charge in [0.2, 0.25) is 0 Å². The molecule has 0 radical (unpaired) electrons. The molecule has 2 aliphatic carbocycles. The molecule has 2 heteroatoms. The van der Waals surface area contributed by atoms with Crippen molar-refractivity contribution in [1.82, 2.24) is 0 Å². The maximum absolute atomic E-state index is 8.98. The molecule has 108 valence electrons. The second-order valence-electron chi connectivity index (χ2n) is 5.32. The van der Waals surface area contributed by atoms with Crippen LogP contribution in [-0.2, 0) is 4.74 Å². The highest BCUT2D eigenvalue weighted by molar-refractivity contribution is 5.90. The van der Waals surface area contributed by atoms with Gasteiger partial charge in [0, 0.05) is 5.57 Å². The Morgan fingerprint density at radius 3 is 2.95 bits per heavy atom. The van der Waals surface area contributed by atoms with Crippen LogP contribution in [0, 0.1) is 0 Å². The number of allylic oxidation sites excluding steroid dienone is 4. The number of hydrogen-bond acceptors (Lipinski definition) is 2. The fourth-order valence-corrected chi connectivity index (χ4v) is 3.13. The molecule has 0 aromatic heterocycles. The van der Waals surface area contributed by atoms with Gasteiger partial charge in [-0.15, -0.1) is 0 Å². The Hall–Kier alpha value is -2.06. The van der Waals surface area contributed by atoms with Gasteiger partial charge in [-0.1, -0.05) is 36.4 Å². The van der Waals surface area contributed by atoms with Crippen LogP contribution in [0.4, 0.5) is 0 Å². The van der Waals surface area contributed by atoms with Crippen molar-refractivity contribution in [3.05, 3.63) is 63.3 Å². The minimum Gasteiger partial charge on any atom is -0.491 e. The number of ether oxygens (including phenoxy) is 1. The summed E-state index contributed by atoms with van der Waals surface area (Å²) >= 11 is 0. The van der Waals surface area contributed by atoms with Crippen molar-refractivity contribution in [3.8, 4) is 0 Å². The maximum Gasteiger partial charge on any atom is 0.123 e. The minimum absolute atomic E-state index is 0.0410. The van der Waals surface area contributed by atoms with Crippen LogP contribution >= 0.6 is 0 Å².